The van der Waals surface area contributed by atoms with Gasteiger partial charge in [-0.3, -0.25) is 0 Å². The number of hydrogen-bond acceptors (Lipinski definition) is 6. The number of morpholine rings is 1. The molecular weight excluding hydrogens is 390 g/mol. The smallest absolute Gasteiger partial charge is 0.182 e. The Hall–Kier alpha value is -3.91. The maximum Gasteiger partial charge on any atom is 0.182 e. The second-order valence-corrected chi connectivity index (χ2v) is 7.51. The average molecular weight is 411 g/mol. The molecule has 0 radical (unpaired) electrons. The zero-order chi connectivity index (χ0) is 20.6. The lowest BCUT2D eigenvalue weighted by molar-refractivity contribution is 0.122. The lowest BCUT2D eigenvalue weighted by Crippen LogP contribution is -2.36. The highest BCUT2D eigenvalue weighted by Gasteiger charge is 2.15. The highest BCUT2D eigenvalue weighted by Crippen LogP contribution is 2.29. The molecule has 0 bridgehead atoms. The maximum atomic E-state index is 5.44. The lowest BCUT2D eigenvalue weighted by Gasteiger charge is -2.28. The van der Waals surface area contributed by atoms with Crippen molar-refractivity contribution >= 4 is 33.6 Å². The third-order valence-electron chi connectivity index (χ3n) is 5.66. The van der Waals surface area contributed by atoms with E-state index >= 15 is 0 Å². The van der Waals surface area contributed by atoms with E-state index in [9.17, 15) is 0 Å². The first-order valence-electron chi connectivity index (χ1n) is 10.3. The number of benzene rings is 2. The van der Waals surface area contributed by atoms with Crippen molar-refractivity contribution in [1.82, 2.24) is 24.6 Å². The molecule has 1 aliphatic rings. The number of aromatic amines is 1. The first-order valence-corrected chi connectivity index (χ1v) is 10.3. The second-order valence-electron chi connectivity index (χ2n) is 7.51. The van der Waals surface area contributed by atoms with Crippen LogP contribution in [0.25, 0.3) is 27.9 Å². The number of aromatic nitrogens is 5. The van der Waals surface area contributed by atoms with Crippen molar-refractivity contribution in [3.05, 3.63) is 67.3 Å². The molecule has 4 heterocycles. The summed E-state index contributed by atoms with van der Waals surface area (Å²) in [4.78, 5) is 14.8. The van der Waals surface area contributed by atoms with Crippen molar-refractivity contribution in [2.24, 2.45) is 0 Å². The summed E-state index contributed by atoms with van der Waals surface area (Å²) in [5.41, 5.74) is 5.79. The monoisotopic (exact) mass is 411 g/mol. The van der Waals surface area contributed by atoms with Gasteiger partial charge in [0, 0.05) is 47.1 Å². The van der Waals surface area contributed by atoms with Crippen LogP contribution in [0.1, 0.15) is 0 Å². The standard InChI is InChI=1S/C23H21N7O/c1-2-19(18-8-9-24-20(18)3-1)22-25-14-21(23-26-15-27-30(22)23)28-16-4-6-17(7-5-16)29-10-12-31-13-11-29/h1-9,14-15,24,28H,10-13H2. The van der Waals surface area contributed by atoms with Crippen molar-refractivity contribution in [3.63, 3.8) is 0 Å². The van der Waals surface area contributed by atoms with E-state index in [4.69, 9.17) is 9.72 Å². The highest BCUT2D eigenvalue weighted by molar-refractivity contribution is 5.94. The Balaban J connectivity index is 1.33. The van der Waals surface area contributed by atoms with Crippen LogP contribution >= 0.6 is 0 Å². The summed E-state index contributed by atoms with van der Waals surface area (Å²) in [6.07, 6.45) is 5.31. The predicted octanol–water partition coefficient (Wildman–Crippen LogP) is 3.85. The van der Waals surface area contributed by atoms with Gasteiger partial charge in [-0.1, -0.05) is 12.1 Å². The van der Waals surface area contributed by atoms with E-state index in [1.165, 1.54) is 5.69 Å². The predicted molar refractivity (Wildman–Crippen MR) is 121 cm³/mol. The largest absolute Gasteiger partial charge is 0.378 e. The molecule has 8 heteroatoms. The van der Waals surface area contributed by atoms with E-state index in [0.717, 1.165) is 65.6 Å². The molecule has 2 aromatic carbocycles. The van der Waals surface area contributed by atoms with Crippen molar-refractivity contribution in [1.29, 1.82) is 0 Å². The minimum atomic E-state index is 0.731. The van der Waals surface area contributed by atoms with Gasteiger partial charge in [0.2, 0.25) is 0 Å². The Bertz CT molecular complexity index is 1350. The molecule has 3 aromatic heterocycles. The molecular formula is C23H21N7O. The lowest BCUT2D eigenvalue weighted by atomic mass is 10.1. The SMILES string of the molecule is c1cc(-c2ncc(Nc3ccc(N4CCOCC4)cc3)c3ncnn23)c2cc[nH]c2c1. The van der Waals surface area contributed by atoms with Gasteiger partial charge in [0.15, 0.2) is 11.5 Å². The minimum Gasteiger partial charge on any atom is -0.378 e. The second kappa shape index (κ2) is 7.41. The fraction of sp³-hybridized carbons (Fsp3) is 0.174. The van der Waals surface area contributed by atoms with Crippen LogP contribution < -0.4 is 10.2 Å². The van der Waals surface area contributed by atoms with Crippen LogP contribution in [0.3, 0.4) is 0 Å². The van der Waals surface area contributed by atoms with Gasteiger partial charge < -0.3 is 19.9 Å². The quantitative estimate of drug-likeness (QED) is 0.467. The molecule has 0 amide bonds. The molecule has 6 rings (SSSR count). The zero-order valence-electron chi connectivity index (χ0n) is 16.8. The van der Waals surface area contributed by atoms with Gasteiger partial charge in [0.05, 0.1) is 19.4 Å². The van der Waals surface area contributed by atoms with Crippen LogP contribution in [0.2, 0.25) is 0 Å². The Kier molecular flexibility index (Phi) is 4.28. The van der Waals surface area contributed by atoms with E-state index in [1.54, 1.807) is 10.8 Å². The molecule has 8 nitrogen and oxygen atoms in total. The van der Waals surface area contributed by atoms with Gasteiger partial charge >= 0.3 is 0 Å². The van der Waals surface area contributed by atoms with Crippen molar-refractivity contribution in [2.45, 2.75) is 0 Å². The number of H-pyrrole nitrogens is 1. The van der Waals surface area contributed by atoms with Crippen LogP contribution in [0.4, 0.5) is 17.1 Å². The van der Waals surface area contributed by atoms with Crippen LogP contribution in [0.5, 0.6) is 0 Å². The highest BCUT2D eigenvalue weighted by atomic mass is 16.5. The number of rotatable bonds is 4. The summed E-state index contributed by atoms with van der Waals surface area (Å²) < 4.78 is 7.22. The number of anilines is 3. The Morgan fingerprint density at radius 2 is 1.84 bits per heavy atom. The van der Waals surface area contributed by atoms with E-state index in [2.05, 4.69) is 61.7 Å². The number of fused-ring (bicyclic) bond motifs is 2. The van der Waals surface area contributed by atoms with Crippen LogP contribution in [0, 0.1) is 0 Å². The van der Waals surface area contributed by atoms with Crippen LogP contribution in [-0.2, 0) is 4.74 Å². The maximum absolute atomic E-state index is 5.44. The molecule has 1 fully saturated rings. The first-order chi connectivity index (χ1) is 15.4. The number of ether oxygens (including phenoxy) is 1. The van der Waals surface area contributed by atoms with Gasteiger partial charge in [-0.2, -0.15) is 9.61 Å². The Morgan fingerprint density at radius 3 is 2.71 bits per heavy atom. The van der Waals surface area contributed by atoms with E-state index < -0.39 is 0 Å². The zero-order valence-corrected chi connectivity index (χ0v) is 16.8. The molecule has 5 aromatic rings. The van der Waals surface area contributed by atoms with Crippen molar-refractivity contribution in [2.75, 3.05) is 36.5 Å². The molecule has 0 spiro atoms. The third-order valence-corrected chi connectivity index (χ3v) is 5.66. The number of hydrogen-bond donors (Lipinski definition) is 2. The molecule has 0 aliphatic carbocycles. The van der Waals surface area contributed by atoms with Gasteiger partial charge in [-0.15, -0.1) is 0 Å². The molecule has 31 heavy (non-hydrogen) atoms. The summed E-state index contributed by atoms with van der Waals surface area (Å²) in [6.45, 7) is 3.40. The van der Waals surface area contributed by atoms with Gasteiger partial charge in [-0.25, -0.2) is 9.97 Å². The van der Waals surface area contributed by atoms with Crippen molar-refractivity contribution < 1.29 is 4.74 Å². The number of nitrogens with zero attached hydrogens (tertiary/aromatic N) is 5. The summed E-state index contributed by atoms with van der Waals surface area (Å²) in [7, 11) is 0. The first kappa shape index (κ1) is 17.9. The third kappa shape index (κ3) is 3.17. The molecule has 2 N–H and O–H groups in total. The summed E-state index contributed by atoms with van der Waals surface area (Å²) >= 11 is 0. The van der Waals surface area contributed by atoms with E-state index in [0.29, 0.717) is 0 Å². The normalized spacial score (nSPS) is 14.4. The molecule has 1 saturated heterocycles. The summed E-state index contributed by atoms with van der Waals surface area (Å²) in [6, 6.07) is 16.6. The fourth-order valence-electron chi connectivity index (χ4n) is 4.10. The van der Waals surface area contributed by atoms with Crippen LogP contribution in [-0.4, -0.2) is 50.9 Å². The van der Waals surface area contributed by atoms with Gasteiger partial charge in [-0.05, 0) is 36.4 Å². The average Bonchev–Trinajstić information content (AvgIpc) is 3.50. The molecule has 154 valence electrons. The van der Waals surface area contributed by atoms with E-state index in [-0.39, 0.29) is 0 Å². The number of nitrogens with one attached hydrogen (secondary N) is 2. The Morgan fingerprint density at radius 1 is 0.968 bits per heavy atom. The van der Waals surface area contributed by atoms with Crippen molar-refractivity contribution in [3.8, 4) is 11.4 Å². The van der Waals surface area contributed by atoms with Crippen LogP contribution in [0.15, 0.2) is 67.3 Å². The van der Waals surface area contributed by atoms with Gasteiger partial charge in [0.25, 0.3) is 0 Å². The molecule has 0 unspecified atom stereocenters. The summed E-state index contributed by atoms with van der Waals surface area (Å²) in [5, 5.41) is 8.98. The molecule has 0 atom stereocenters. The topological polar surface area (TPSA) is 83.4 Å². The van der Waals surface area contributed by atoms with E-state index in [1.807, 2.05) is 24.5 Å². The minimum absolute atomic E-state index is 0.731. The Labute approximate surface area is 178 Å². The fourth-order valence-corrected chi connectivity index (χ4v) is 4.10. The molecule has 0 saturated carbocycles. The van der Waals surface area contributed by atoms with Gasteiger partial charge in [0.1, 0.15) is 12.0 Å². The molecule has 1 aliphatic heterocycles. The summed E-state index contributed by atoms with van der Waals surface area (Å²) in [5.74, 6) is 0.755.